The summed E-state index contributed by atoms with van der Waals surface area (Å²) in [6, 6.07) is 2.02. The summed E-state index contributed by atoms with van der Waals surface area (Å²) >= 11 is 6.24. The van der Waals surface area contributed by atoms with E-state index < -0.39 is 0 Å². The van der Waals surface area contributed by atoms with Gasteiger partial charge >= 0.3 is 0 Å². The average molecular weight is 282 g/mol. The zero-order valence-corrected chi connectivity index (χ0v) is 12.9. The van der Waals surface area contributed by atoms with Crippen LogP contribution in [0.5, 0.6) is 0 Å². The van der Waals surface area contributed by atoms with E-state index in [-0.39, 0.29) is 5.54 Å². The van der Waals surface area contributed by atoms with Crippen LogP contribution in [0.25, 0.3) is 0 Å². The Hall–Kier alpha value is -0.800. The van der Waals surface area contributed by atoms with Gasteiger partial charge in [0.1, 0.15) is 0 Å². The largest absolute Gasteiger partial charge is 0.370 e. The number of hydrogen-bond acceptors (Lipinski definition) is 3. The van der Waals surface area contributed by atoms with Crippen LogP contribution < -0.4 is 10.2 Å². The van der Waals surface area contributed by atoms with E-state index in [1.54, 1.807) is 6.20 Å². The molecule has 1 unspecified atom stereocenters. The molecule has 0 aromatic carbocycles. The summed E-state index contributed by atoms with van der Waals surface area (Å²) in [5.41, 5.74) is 1.31. The van der Waals surface area contributed by atoms with Crippen molar-refractivity contribution in [1.29, 1.82) is 0 Å². The molecule has 2 rings (SSSR count). The molecule has 1 aliphatic rings. The van der Waals surface area contributed by atoms with Crippen LogP contribution in [0.2, 0.25) is 5.02 Å². The van der Waals surface area contributed by atoms with Crippen molar-refractivity contribution >= 4 is 17.3 Å². The van der Waals surface area contributed by atoms with Gasteiger partial charge in [-0.2, -0.15) is 0 Å². The van der Waals surface area contributed by atoms with Crippen molar-refractivity contribution in [2.24, 2.45) is 5.92 Å². The van der Waals surface area contributed by atoms with Gasteiger partial charge in [0.25, 0.3) is 0 Å². The highest BCUT2D eigenvalue weighted by atomic mass is 35.5. The van der Waals surface area contributed by atoms with E-state index in [0.29, 0.717) is 5.92 Å². The normalized spacial score (nSPS) is 20.6. The first-order valence-corrected chi connectivity index (χ1v) is 7.43. The lowest BCUT2D eigenvalue weighted by Crippen LogP contribution is -2.44. The van der Waals surface area contributed by atoms with Crippen molar-refractivity contribution in [3.05, 3.63) is 23.5 Å². The van der Waals surface area contributed by atoms with Crippen molar-refractivity contribution in [2.45, 2.75) is 39.2 Å². The number of nitrogens with one attached hydrogen (secondary N) is 1. The second-order valence-corrected chi connectivity index (χ2v) is 6.82. The maximum absolute atomic E-state index is 6.24. The minimum Gasteiger partial charge on any atom is -0.370 e. The Kier molecular flexibility index (Phi) is 4.69. The molecule has 3 nitrogen and oxygen atoms in total. The van der Waals surface area contributed by atoms with Crippen molar-refractivity contribution in [1.82, 2.24) is 10.3 Å². The topological polar surface area (TPSA) is 28.2 Å². The van der Waals surface area contributed by atoms with Gasteiger partial charge in [0.05, 0.1) is 10.7 Å². The lowest BCUT2D eigenvalue weighted by atomic mass is 9.96. The lowest BCUT2D eigenvalue weighted by molar-refractivity contribution is 0.335. The predicted molar refractivity (Wildman–Crippen MR) is 81.9 cm³/mol. The molecular formula is C15H24ClN3. The van der Waals surface area contributed by atoms with Crippen LogP contribution in [-0.2, 0) is 0 Å². The molecule has 0 spiro atoms. The van der Waals surface area contributed by atoms with E-state index in [2.05, 4.69) is 36.0 Å². The molecule has 19 heavy (non-hydrogen) atoms. The molecule has 1 fully saturated rings. The smallest absolute Gasteiger partial charge is 0.0822 e. The molecule has 2 heterocycles. The quantitative estimate of drug-likeness (QED) is 0.921. The minimum atomic E-state index is 0.191. The lowest BCUT2D eigenvalue weighted by Gasteiger charge is -2.36. The number of piperidine rings is 1. The highest BCUT2D eigenvalue weighted by Gasteiger charge is 2.22. The van der Waals surface area contributed by atoms with E-state index in [4.69, 9.17) is 11.6 Å². The summed E-state index contributed by atoms with van der Waals surface area (Å²) in [4.78, 5) is 6.45. The summed E-state index contributed by atoms with van der Waals surface area (Å²) in [5.74, 6) is 0.692. The first-order valence-electron chi connectivity index (χ1n) is 7.05. The second-order valence-electron chi connectivity index (χ2n) is 6.41. The van der Waals surface area contributed by atoms with Crippen molar-refractivity contribution in [2.75, 3.05) is 24.5 Å². The van der Waals surface area contributed by atoms with E-state index >= 15 is 0 Å². The first-order chi connectivity index (χ1) is 8.96. The van der Waals surface area contributed by atoms with Crippen LogP contribution in [0.1, 0.15) is 33.6 Å². The zero-order valence-electron chi connectivity index (χ0n) is 12.1. The summed E-state index contributed by atoms with van der Waals surface area (Å²) in [5, 5.41) is 4.36. The summed E-state index contributed by atoms with van der Waals surface area (Å²) in [7, 11) is 0. The Balaban J connectivity index is 1.96. The number of rotatable bonds is 3. The number of aromatic nitrogens is 1. The van der Waals surface area contributed by atoms with Gasteiger partial charge in [0.2, 0.25) is 0 Å². The fourth-order valence-electron chi connectivity index (χ4n) is 2.53. The van der Waals surface area contributed by atoms with E-state index in [1.165, 1.54) is 12.8 Å². The molecule has 0 aliphatic carbocycles. The standard InChI is InChI=1S/C15H24ClN3/c1-15(2,3)18-9-12-5-4-8-19(11-12)14-6-7-17-10-13(14)16/h6-7,10,12,18H,4-5,8-9,11H2,1-3H3. The van der Waals surface area contributed by atoms with Gasteiger partial charge in [0, 0.05) is 37.6 Å². The molecule has 0 bridgehead atoms. The molecule has 4 heteroatoms. The third-order valence-corrected chi connectivity index (χ3v) is 3.82. The highest BCUT2D eigenvalue weighted by Crippen LogP contribution is 2.28. The molecule has 0 amide bonds. The van der Waals surface area contributed by atoms with Crippen LogP contribution in [0, 0.1) is 5.92 Å². The van der Waals surface area contributed by atoms with Crippen LogP contribution >= 0.6 is 11.6 Å². The molecule has 106 valence electrons. The number of hydrogen-bond donors (Lipinski definition) is 1. The van der Waals surface area contributed by atoms with E-state index in [0.717, 1.165) is 30.3 Å². The number of pyridine rings is 1. The van der Waals surface area contributed by atoms with Crippen LogP contribution in [0.3, 0.4) is 0 Å². The van der Waals surface area contributed by atoms with Crippen LogP contribution in [0.4, 0.5) is 5.69 Å². The SMILES string of the molecule is CC(C)(C)NCC1CCCN(c2ccncc2Cl)C1. The first kappa shape index (κ1) is 14.6. The molecule has 1 atom stereocenters. The second kappa shape index (κ2) is 6.10. The third-order valence-electron chi connectivity index (χ3n) is 3.53. The Labute approximate surface area is 121 Å². The van der Waals surface area contributed by atoms with E-state index in [9.17, 15) is 0 Å². The van der Waals surface area contributed by atoms with Crippen LogP contribution in [0.15, 0.2) is 18.5 Å². The van der Waals surface area contributed by atoms with Crippen molar-refractivity contribution in [3.63, 3.8) is 0 Å². The van der Waals surface area contributed by atoms with Crippen molar-refractivity contribution in [3.8, 4) is 0 Å². The molecule has 1 N–H and O–H groups in total. The van der Waals surface area contributed by atoms with Gasteiger partial charge in [-0.1, -0.05) is 11.6 Å². The minimum absolute atomic E-state index is 0.191. The third kappa shape index (κ3) is 4.36. The Morgan fingerprint density at radius 2 is 2.26 bits per heavy atom. The van der Waals surface area contributed by atoms with Gasteiger partial charge in [-0.05, 0) is 45.6 Å². The van der Waals surface area contributed by atoms with Crippen molar-refractivity contribution < 1.29 is 0 Å². The van der Waals surface area contributed by atoms with E-state index in [1.807, 2.05) is 12.3 Å². The highest BCUT2D eigenvalue weighted by molar-refractivity contribution is 6.33. The Bertz CT molecular complexity index is 414. The Morgan fingerprint density at radius 1 is 1.47 bits per heavy atom. The monoisotopic (exact) mass is 281 g/mol. The summed E-state index contributed by atoms with van der Waals surface area (Å²) in [6.45, 7) is 9.89. The maximum Gasteiger partial charge on any atom is 0.0822 e. The number of halogens is 1. The van der Waals surface area contributed by atoms with Gasteiger partial charge in [0.15, 0.2) is 0 Å². The maximum atomic E-state index is 6.24. The van der Waals surface area contributed by atoms with Gasteiger partial charge in [-0.3, -0.25) is 4.98 Å². The fraction of sp³-hybridized carbons (Fsp3) is 0.667. The molecule has 1 aromatic rings. The molecule has 1 aromatic heterocycles. The molecule has 0 saturated carbocycles. The van der Waals surface area contributed by atoms with Gasteiger partial charge in [-0.25, -0.2) is 0 Å². The molecular weight excluding hydrogens is 258 g/mol. The summed E-state index contributed by atoms with van der Waals surface area (Å²) in [6.07, 6.45) is 6.07. The van der Waals surface area contributed by atoms with Gasteiger partial charge in [-0.15, -0.1) is 0 Å². The number of nitrogens with zero attached hydrogens (tertiary/aromatic N) is 2. The molecule has 1 saturated heterocycles. The molecule has 0 radical (unpaired) electrons. The summed E-state index contributed by atoms with van der Waals surface area (Å²) < 4.78 is 0. The predicted octanol–water partition coefficient (Wildman–Crippen LogP) is 3.34. The Morgan fingerprint density at radius 3 is 2.95 bits per heavy atom. The zero-order chi connectivity index (χ0) is 13.9. The number of anilines is 1. The molecule has 1 aliphatic heterocycles. The van der Waals surface area contributed by atoms with Crippen LogP contribution in [-0.4, -0.2) is 30.2 Å². The average Bonchev–Trinajstić information content (AvgIpc) is 2.36. The fourth-order valence-corrected chi connectivity index (χ4v) is 2.76. The van der Waals surface area contributed by atoms with Gasteiger partial charge < -0.3 is 10.2 Å².